The molecular weight excluding hydrogens is 366 g/mol. The fraction of sp³-hybridized carbons (Fsp3) is 0.190. The number of benzene rings is 2. The van der Waals surface area contributed by atoms with E-state index in [0.717, 1.165) is 22.4 Å². The zero-order valence-electron chi connectivity index (χ0n) is 14.9. The number of aryl methyl sites for hydroxylation is 3. The number of amides is 1. The molecule has 0 atom stereocenters. The molecule has 3 rings (SSSR count). The van der Waals surface area contributed by atoms with Crippen LogP contribution in [-0.2, 0) is 6.61 Å². The van der Waals surface area contributed by atoms with Crippen molar-refractivity contribution in [3.8, 4) is 5.75 Å². The number of thiophene rings is 1. The lowest BCUT2D eigenvalue weighted by Crippen LogP contribution is -2.10. The van der Waals surface area contributed by atoms with Crippen LogP contribution in [0.2, 0.25) is 5.02 Å². The lowest BCUT2D eigenvalue weighted by atomic mass is 10.1. The van der Waals surface area contributed by atoms with Gasteiger partial charge in [-0.3, -0.25) is 4.79 Å². The van der Waals surface area contributed by atoms with Gasteiger partial charge in [-0.25, -0.2) is 0 Å². The predicted octanol–water partition coefficient (Wildman–Crippen LogP) is 6.16. The Hall–Kier alpha value is -2.30. The van der Waals surface area contributed by atoms with Crippen molar-refractivity contribution in [2.45, 2.75) is 27.4 Å². The van der Waals surface area contributed by atoms with E-state index in [1.54, 1.807) is 0 Å². The van der Waals surface area contributed by atoms with Gasteiger partial charge in [0.15, 0.2) is 0 Å². The Labute approximate surface area is 162 Å². The van der Waals surface area contributed by atoms with Gasteiger partial charge in [0.25, 0.3) is 5.91 Å². The second kappa shape index (κ2) is 7.94. The molecule has 0 saturated carbocycles. The molecule has 0 unspecified atom stereocenters. The number of hydrogen-bond acceptors (Lipinski definition) is 3. The first-order valence-electron chi connectivity index (χ1n) is 8.27. The normalized spacial score (nSPS) is 10.6. The molecule has 0 spiro atoms. The molecule has 2 aromatic carbocycles. The summed E-state index contributed by atoms with van der Waals surface area (Å²) in [5, 5.41) is 5.45. The maximum atomic E-state index is 12.4. The van der Waals surface area contributed by atoms with Crippen LogP contribution >= 0.6 is 22.9 Å². The summed E-state index contributed by atoms with van der Waals surface area (Å²) in [4.78, 5) is 13.1. The third kappa shape index (κ3) is 4.45. The van der Waals surface area contributed by atoms with E-state index >= 15 is 0 Å². The van der Waals surface area contributed by atoms with Crippen LogP contribution < -0.4 is 10.1 Å². The first kappa shape index (κ1) is 18.5. The summed E-state index contributed by atoms with van der Waals surface area (Å²) in [5.74, 6) is 0.539. The van der Waals surface area contributed by atoms with Gasteiger partial charge in [-0.15, -0.1) is 11.3 Å². The highest BCUT2D eigenvalue weighted by Gasteiger charge is 2.11. The van der Waals surface area contributed by atoms with Crippen LogP contribution in [0.3, 0.4) is 0 Å². The Morgan fingerprint density at radius 3 is 2.65 bits per heavy atom. The lowest BCUT2D eigenvalue weighted by molar-refractivity contribution is 0.103. The maximum Gasteiger partial charge on any atom is 0.265 e. The summed E-state index contributed by atoms with van der Waals surface area (Å²) in [6.45, 7) is 6.44. The van der Waals surface area contributed by atoms with E-state index in [4.69, 9.17) is 16.3 Å². The summed E-state index contributed by atoms with van der Waals surface area (Å²) < 4.78 is 5.79. The van der Waals surface area contributed by atoms with Gasteiger partial charge in [0.2, 0.25) is 0 Å². The fourth-order valence-electron chi connectivity index (χ4n) is 2.46. The molecule has 1 amide bonds. The van der Waals surface area contributed by atoms with E-state index in [-0.39, 0.29) is 5.91 Å². The lowest BCUT2D eigenvalue weighted by Gasteiger charge is -2.08. The van der Waals surface area contributed by atoms with E-state index in [1.165, 1.54) is 16.9 Å². The zero-order valence-corrected chi connectivity index (χ0v) is 16.5. The minimum Gasteiger partial charge on any atom is -0.487 e. The van der Waals surface area contributed by atoms with Gasteiger partial charge >= 0.3 is 0 Å². The summed E-state index contributed by atoms with van der Waals surface area (Å²) in [6.07, 6.45) is 0. The molecule has 0 fully saturated rings. The van der Waals surface area contributed by atoms with Gasteiger partial charge in [-0.05, 0) is 73.2 Å². The van der Waals surface area contributed by atoms with Gasteiger partial charge in [0.1, 0.15) is 12.4 Å². The monoisotopic (exact) mass is 385 g/mol. The van der Waals surface area contributed by atoms with Crippen molar-refractivity contribution in [2.24, 2.45) is 0 Å². The van der Waals surface area contributed by atoms with Crippen LogP contribution in [0.5, 0.6) is 5.75 Å². The number of halogens is 1. The van der Waals surface area contributed by atoms with Gasteiger partial charge in [0, 0.05) is 11.3 Å². The van der Waals surface area contributed by atoms with Crippen molar-refractivity contribution in [1.82, 2.24) is 0 Å². The Morgan fingerprint density at radius 1 is 1.08 bits per heavy atom. The number of carbonyl (C=O) groups is 1. The number of hydrogen-bond donors (Lipinski definition) is 1. The third-order valence-corrected chi connectivity index (χ3v) is 5.41. The van der Waals surface area contributed by atoms with E-state index < -0.39 is 0 Å². The molecule has 0 aliphatic carbocycles. The van der Waals surface area contributed by atoms with Gasteiger partial charge < -0.3 is 10.1 Å². The first-order chi connectivity index (χ1) is 12.4. The Kier molecular flexibility index (Phi) is 5.64. The number of carbonyl (C=O) groups excluding carboxylic acids is 1. The van der Waals surface area contributed by atoms with Crippen molar-refractivity contribution in [3.63, 3.8) is 0 Å². The largest absolute Gasteiger partial charge is 0.487 e. The molecule has 26 heavy (non-hydrogen) atoms. The van der Waals surface area contributed by atoms with E-state index in [1.807, 2.05) is 68.6 Å². The van der Waals surface area contributed by atoms with Crippen LogP contribution in [0.1, 0.15) is 31.9 Å². The molecule has 5 heteroatoms. The molecule has 3 aromatic rings. The molecule has 3 nitrogen and oxygen atoms in total. The highest BCUT2D eigenvalue weighted by atomic mass is 35.5. The fourth-order valence-corrected chi connectivity index (χ4v) is 3.43. The summed E-state index contributed by atoms with van der Waals surface area (Å²) in [6, 6.07) is 13.4. The maximum absolute atomic E-state index is 12.4. The molecule has 0 radical (unpaired) electrons. The average molecular weight is 386 g/mol. The molecule has 0 aliphatic rings. The van der Waals surface area contributed by atoms with Crippen LogP contribution in [0.4, 0.5) is 5.69 Å². The molecule has 1 heterocycles. The minimum absolute atomic E-state index is 0.113. The summed E-state index contributed by atoms with van der Waals surface area (Å²) in [7, 11) is 0. The van der Waals surface area contributed by atoms with Crippen LogP contribution in [0, 0.1) is 20.8 Å². The van der Waals surface area contributed by atoms with Crippen molar-refractivity contribution in [2.75, 3.05) is 5.32 Å². The Morgan fingerprint density at radius 2 is 1.88 bits per heavy atom. The van der Waals surface area contributed by atoms with Crippen LogP contribution in [0.15, 0.2) is 47.8 Å². The first-order valence-corrected chi connectivity index (χ1v) is 9.53. The van der Waals surface area contributed by atoms with Crippen molar-refractivity contribution < 1.29 is 9.53 Å². The summed E-state index contributed by atoms with van der Waals surface area (Å²) in [5.41, 5.74) is 5.18. The number of ether oxygens (including phenoxy) is 1. The van der Waals surface area contributed by atoms with E-state index in [0.29, 0.717) is 22.3 Å². The van der Waals surface area contributed by atoms with E-state index in [2.05, 4.69) is 5.32 Å². The molecule has 0 bridgehead atoms. The zero-order chi connectivity index (χ0) is 18.7. The second-order valence-electron chi connectivity index (χ2n) is 6.29. The molecular formula is C21H20ClNO2S. The Balaban J connectivity index is 1.64. The molecule has 134 valence electrons. The molecule has 0 aliphatic heterocycles. The highest BCUT2D eigenvalue weighted by molar-refractivity contribution is 7.12. The van der Waals surface area contributed by atoms with Crippen molar-refractivity contribution in [3.05, 3.63) is 80.0 Å². The van der Waals surface area contributed by atoms with Crippen LogP contribution in [-0.4, -0.2) is 5.91 Å². The predicted molar refractivity (Wildman–Crippen MR) is 109 cm³/mol. The van der Waals surface area contributed by atoms with Gasteiger partial charge in [-0.1, -0.05) is 23.7 Å². The number of rotatable bonds is 5. The second-order valence-corrected chi connectivity index (χ2v) is 7.61. The quantitative estimate of drug-likeness (QED) is 0.571. The topological polar surface area (TPSA) is 38.3 Å². The molecule has 0 saturated heterocycles. The van der Waals surface area contributed by atoms with Crippen molar-refractivity contribution in [1.29, 1.82) is 0 Å². The molecule has 1 N–H and O–H groups in total. The molecule has 1 aromatic heterocycles. The third-order valence-electron chi connectivity index (χ3n) is 4.12. The van der Waals surface area contributed by atoms with Crippen molar-refractivity contribution >= 4 is 34.5 Å². The standard InChI is InChI=1S/C21H20ClNO2S/c1-13-4-7-18(22)19(8-13)25-11-16-10-20(26-12-16)21(24)23-17-6-5-14(2)15(3)9-17/h4-10,12H,11H2,1-3H3,(H,23,24). The van der Waals surface area contributed by atoms with E-state index in [9.17, 15) is 4.79 Å². The Bertz CT molecular complexity index is 949. The van der Waals surface area contributed by atoms with Gasteiger partial charge in [0.05, 0.1) is 9.90 Å². The SMILES string of the molecule is Cc1ccc(Cl)c(OCc2csc(C(=O)Nc3ccc(C)c(C)c3)c2)c1. The van der Waals surface area contributed by atoms with Gasteiger partial charge in [-0.2, -0.15) is 0 Å². The smallest absolute Gasteiger partial charge is 0.265 e. The van der Waals surface area contributed by atoms with Crippen LogP contribution in [0.25, 0.3) is 0 Å². The summed E-state index contributed by atoms with van der Waals surface area (Å²) >= 11 is 7.55. The average Bonchev–Trinajstić information content (AvgIpc) is 3.08. The highest BCUT2D eigenvalue weighted by Crippen LogP contribution is 2.27. The minimum atomic E-state index is -0.113. The number of nitrogens with one attached hydrogen (secondary N) is 1. The number of anilines is 1.